The number of hydrogen-bond acceptors (Lipinski definition) is 7. The van der Waals surface area contributed by atoms with E-state index >= 15 is 0 Å². The average molecular weight is 494 g/mol. The molecule has 184 valence electrons. The maximum atomic E-state index is 13.0. The molecule has 0 unspecified atom stereocenters. The number of hydrogen-bond donors (Lipinski definition) is 0. The number of likely N-dealkylation sites (N-methyl/N-ethyl adjacent to an activating group) is 1. The number of piperidine rings is 1. The second kappa shape index (κ2) is 11.1. The van der Waals surface area contributed by atoms with E-state index in [-0.39, 0.29) is 17.8 Å². The zero-order valence-electron chi connectivity index (χ0n) is 20.0. The second-order valence-corrected chi connectivity index (χ2v) is 9.91. The number of benzene rings is 2. The van der Waals surface area contributed by atoms with Crippen molar-refractivity contribution in [2.75, 3.05) is 39.0 Å². The Morgan fingerprint density at radius 2 is 1.77 bits per heavy atom. The molecule has 1 aromatic heterocycles. The third kappa shape index (κ3) is 5.79. The molecule has 0 saturated carbocycles. The fourth-order valence-corrected chi connectivity index (χ4v) is 5.36. The number of carbonyl (C=O) groups is 1. The molecule has 2 aliphatic heterocycles. The lowest BCUT2D eigenvalue weighted by atomic mass is 10.1. The van der Waals surface area contributed by atoms with Crippen molar-refractivity contribution < 1.29 is 14.3 Å². The molecule has 0 radical (unpaired) electrons. The molecule has 0 aliphatic carbocycles. The Kier molecular flexibility index (Phi) is 7.54. The maximum absolute atomic E-state index is 13.0. The zero-order chi connectivity index (χ0) is 24.0. The maximum Gasteiger partial charge on any atom is 0.232 e. The van der Waals surface area contributed by atoms with Crippen LogP contribution in [0.1, 0.15) is 25.1 Å². The monoisotopic (exact) mass is 493 g/mol. The van der Waals surface area contributed by atoms with Gasteiger partial charge < -0.3 is 14.4 Å². The first-order valence-electron chi connectivity index (χ1n) is 12.1. The van der Waals surface area contributed by atoms with Gasteiger partial charge in [-0.25, -0.2) is 0 Å². The molecule has 1 atom stereocenters. The van der Waals surface area contributed by atoms with Crippen molar-refractivity contribution in [3.8, 4) is 17.2 Å². The highest BCUT2D eigenvalue weighted by atomic mass is 32.2. The summed E-state index contributed by atoms with van der Waals surface area (Å²) in [6.45, 7) is 3.82. The van der Waals surface area contributed by atoms with Crippen LogP contribution in [0.15, 0.2) is 59.8 Å². The van der Waals surface area contributed by atoms with E-state index in [0.717, 1.165) is 47.8 Å². The summed E-state index contributed by atoms with van der Waals surface area (Å²) in [5, 5.41) is 9.71. The molecule has 2 aromatic carbocycles. The molecule has 0 spiro atoms. The van der Waals surface area contributed by atoms with Crippen LogP contribution in [0.5, 0.6) is 11.5 Å². The zero-order valence-corrected chi connectivity index (χ0v) is 20.8. The Morgan fingerprint density at radius 1 is 1.03 bits per heavy atom. The number of amides is 1. The van der Waals surface area contributed by atoms with Crippen LogP contribution in [0.3, 0.4) is 0 Å². The van der Waals surface area contributed by atoms with Crippen molar-refractivity contribution in [1.82, 2.24) is 24.6 Å². The van der Waals surface area contributed by atoms with Crippen LogP contribution < -0.4 is 9.47 Å². The van der Waals surface area contributed by atoms with E-state index in [2.05, 4.69) is 31.8 Å². The minimum absolute atomic E-state index is 0.0117. The van der Waals surface area contributed by atoms with E-state index in [1.807, 2.05) is 42.5 Å². The molecule has 2 aliphatic rings. The first kappa shape index (κ1) is 23.7. The number of para-hydroxylation sites is 3. The molecule has 5 rings (SSSR count). The van der Waals surface area contributed by atoms with Crippen LogP contribution >= 0.6 is 11.8 Å². The molecule has 0 bridgehead atoms. The van der Waals surface area contributed by atoms with Crippen molar-refractivity contribution >= 4 is 17.7 Å². The van der Waals surface area contributed by atoms with Gasteiger partial charge in [-0.15, -0.1) is 10.2 Å². The third-order valence-electron chi connectivity index (χ3n) is 6.32. The largest absolute Gasteiger partial charge is 0.486 e. The van der Waals surface area contributed by atoms with Crippen LogP contribution in [0.4, 0.5) is 0 Å². The van der Waals surface area contributed by atoms with Crippen molar-refractivity contribution in [2.24, 2.45) is 0 Å². The van der Waals surface area contributed by atoms with Gasteiger partial charge in [0.25, 0.3) is 0 Å². The van der Waals surface area contributed by atoms with Gasteiger partial charge in [0.15, 0.2) is 28.6 Å². The number of nitrogens with zero attached hydrogens (tertiary/aromatic N) is 5. The minimum atomic E-state index is -0.201. The number of aromatic nitrogens is 3. The molecule has 1 fully saturated rings. The van der Waals surface area contributed by atoms with Gasteiger partial charge in [-0.05, 0) is 50.2 Å². The molecule has 3 heterocycles. The summed E-state index contributed by atoms with van der Waals surface area (Å²) in [6.07, 6.45) is 3.54. The highest BCUT2D eigenvalue weighted by Crippen LogP contribution is 2.31. The molecular formula is C26H31N5O3S. The number of thioether (sulfide) groups is 1. The van der Waals surface area contributed by atoms with Crippen LogP contribution in [0.25, 0.3) is 5.69 Å². The van der Waals surface area contributed by atoms with Crippen LogP contribution in [-0.4, -0.2) is 75.6 Å². The fourth-order valence-electron chi connectivity index (χ4n) is 4.45. The Balaban J connectivity index is 1.23. The molecule has 9 heteroatoms. The van der Waals surface area contributed by atoms with E-state index in [0.29, 0.717) is 13.2 Å². The quantitative estimate of drug-likeness (QED) is 0.444. The number of carbonyl (C=O) groups excluding carboxylic acids is 1. The van der Waals surface area contributed by atoms with Crippen molar-refractivity contribution in [2.45, 2.75) is 37.1 Å². The predicted octanol–water partition coefficient (Wildman–Crippen LogP) is 3.64. The summed E-state index contributed by atoms with van der Waals surface area (Å²) in [5.41, 5.74) is 1.01. The lowest BCUT2D eigenvalue weighted by molar-refractivity contribution is -0.128. The molecule has 1 saturated heterocycles. The lowest BCUT2D eigenvalue weighted by Gasteiger charge is -2.29. The minimum Gasteiger partial charge on any atom is -0.486 e. The number of rotatable bonds is 8. The SMILES string of the molecule is CN(C[C@H]1COc2ccccc2O1)C(=O)CSc1nnc(CN2CCCCC2)n1-c1ccccc1. The molecular weight excluding hydrogens is 462 g/mol. The topological polar surface area (TPSA) is 72.7 Å². The van der Waals surface area contributed by atoms with E-state index in [1.165, 1.54) is 31.0 Å². The van der Waals surface area contributed by atoms with Gasteiger partial charge in [-0.3, -0.25) is 14.3 Å². The van der Waals surface area contributed by atoms with Crippen LogP contribution in [0.2, 0.25) is 0 Å². The number of ether oxygens (including phenoxy) is 2. The van der Waals surface area contributed by atoms with Crippen molar-refractivity contribution in [1.29, 1.82) is 0 Å². The summed E-state index contributed by atoms with van der Waals surface area (Å²) in [5.74, 6) is 2.66. The standard InChI is InChI=1S/C26H31N5O3S/c1-29(16-21-18-33-22-12-6-7-13-23(22)34-21)25(32)19-35-26-28-27-24(17-30-14-8-3-9-15-30)31(26)20-10-4-2-5-11-20/h2,4-7,10-13,21H,3,8-9,14-19H2,1H3/t21-/m0/s1. The Bertz CT molecular complexity index is 1130. The van der Waals surface area contributed by atoms with Crippen molar-refractivity contribution in [3.63, 3.8) is 0 Å². The fraction of sp³-hybridized carbons (Fsp3) is 0.423. The van der Waals surface area contributed by atoms with E-state index in [9.17, 15) is 4.79 Å². The highest BCUT2D eigenvalue weighted by Gasteiger charge is 2.25. The smallest absolute Gasteiger partial charge is 0.232 e. The first-order chi connectivity index (χ1) is 17.2. The normalized spacial score (nSPS) is 17.8. The van der Waals surface area contributed by atoms with E-state index in [4.69, 9.17) is 9.47 Å². The van der Waals surface area contributed by atoms with Crippen LogP contribution in [-0.2, 0) is 11.3 Å². The summed E-state index contributed by atoms with van der Waals surface area (Å²) < 4.78 is 13.9. The summed E-state index contributed by atoms with van der Waals surface area (Å²) in [4.78, 5) is 17.1. The average Bonchev–Trinajstić information content (AvgIpc) is 3.30. The van der Waals surface area contributed by atoms with Gasteiger partial charge in [-0.2, -0.15) is 0 Å². The predicted molar refractivity (Wildman–Crippen MR) is 135 cm³/mol. The molecule has 8 nitrogen and oxygen atoms in total. The number of fused-ring (bicyclic) bond motifs is 1. The molecule has 35 heavy (non-hydrogen) atoms. The summed E-state index contributed by atoms with van der Waals surface area (Å²) in [6, 6.07) is 17.7. The van der Waals surface area contributed by atoms with E-state index in [1.54, 1.807) is 11.9 Å². The Labute approximate surface area is 210 Å². The van der Waals surface area contributed by atoms with Gasteiger partial charge in [0, 0.05) is 12.7 Å². The van der Waals surface area contributed by atoms with Gasteiger partial charge in [0.2, 0.25) is 5.91 Å². The molecule has 0 N–H and O–H groups in total. The first-order valence-corrected chi connectivity index (χ1v) is 13.1. The summed E-state index contributed by atoms with van der Waals surface area (Å²) in [7, 11) is 1.80. The van der Waals surface area contributed by atoms with Crippen LogP contribution in [0, 0.1) is 0 Å². The second-order valence-electron chi connectivity index (χ2n) is 8.97. The number of likely N-dealkylation sites (tertiary alicyclic amines) is 1. The van der Waals surface area contributed by atoms with Crippen molar-refractivity contribution in [3.05, 3.63) is 60.4 Å². The van der Waals surface area contributed by atoms with E-state index < -0.39 is 0 Å². The lowest BCUT2D eigenvalue weighted by Crippen LogP contribution is -2.42. The van der Waals surface area contributed by atoms with Gasteiger partial charge in [-0.1, -0.05) is 48.5 Å². The highest BCUT2D eigenvalue weighted by molar-refractivity contribution is 7.99. The Hall–Kier alpha value is -3.04. The van der Waals surface area contributed by atoms with Gasteiger partial charge in [0.05, 0.1) is 18.8 Å². The Morgan fingerprint density at radius 3 is 2.57 bits per heavy atom. The molecule has 1 amide bonds. The third-order valence-corrected chi connectivity index (χ3v) is 7.24. The summed E-state index contributed by atoms with van der Waals surface area (Å²) >= 11 is 1.42. The molecule has 3 aromatic rings. The van der Waals surface area contributed by atoms with Gasteiger partial charge >= 0.3 is 0 Å². The van der Waals surface area contributed by atoms with Gasteiger partial charge in [0.1, 0.15) is 6.61 Å².